The van der Waals surface area contributed by atoms with Gasteiger partial charge in [0.2, 0.25) is 0 Å². The van der Waals surface area contributed by atoms with Gasteiger partial charge in [-0.1, -0.05) is 24.3 Å². The number of carbonyl (C=O) groups excluding carboxylic acids is 2. The minimum atomic E-state index is -5.40. The molecule has 3 heterocycles. The van der Waals surface area contributed by atoms with Crippen LogP contribution in [0.1, 0.15) is 16.8 Å². The number of piperidine rings is 1. The van der Waals surface area contributed by atoms with Gasteiger partial charge in [-0.05, 0) is 24.3 Å². The summed E-state index contributed by atoms with van der Waals surface area (Å²) in [5.74, 6) is -9.94. The van der Waals surface area contributed by atoms with Gasteiger partial charge in [0.1, 0.15) is 0 Å². The Labute approximate surface area is 213 Å². The van der Waals surface area contributed by atoms with Crippen molar-refractivity contribution in [2.75, 3.05) is 13.1 Å². The van der Waals surface area contributed by atoms with Gasteiger partial charge in [-0.2, -0.15) is 13.2 Å². The number of hydrogen-bond acceptors (Lipinski definition) is 7. The molecule has 2 aliphatic heterocycles. The Morgan fingerprint density at radius 3 is 2.51 bits per heavy atom. The standard InChI is InChI=1S/C24H15F7N2O6/c25-22(26)8-9-33(20(34)13-5-3-7-15-18(13)39-24(30,31)38-15)11-17(22)37-19-16(36-21(35)23(27,28)29)10-12-4-1-2-6-14(12)32-19/h1-7,10,17H,8-9,11H2. The van der Waals surface area contributed by atoms with E-state index in [4.69, 9.17) is 4.74 Å². The summed E-state index contributed by atoms with van der Waals surface area (Å²) in [6.07, 6.45) is -12.6. The number of likely N-dealkylation sites (tertiary alicyclic amines) is 1. The third-order valence-electron chi connectivity index (χ3n) is 5.86. The zero-order valence-electron chi connectivity index (χ0n) is 19.3. The van der Waals surface area contributed by atoms with E-state index in [0.717, 1.165) is 23.1 Å². The third-order valence-corrected chi connectivity index (χ3v) is 5.86. The van der Waals surface area contributed by atoms with Crippen molar-refractivity contribution < 1.29 is 59.3 Å². The van der Waals surface area contributed by atoms with Crippen LogP contribution >= 0.6 is 0 Å². The zero-order chi connectivity index (χ0) is 28.2. The lowest BCUT2D eigenvalue weighted by Crippen LogP contribution is -2.55. The van der Waals surface area contributed by atoms with Crippen molar-refractivity contribution in [1.82, 2.24) is 9.88 Å². The van der Waals surface area contributed by atoms with Crippen molar-refractivity contribution in [3.63, 3.8) is 0 Å². The van der Waals surface area contributed by atoms with Crippen molar-refractivity contribution in [1.29, 1.82) is 0 Å². The SMILES string of the molecule is O=C(c1cccc2c1OC(F)(F)O2)N1CCC(F)(F)C(Oc2nc3ccccc3cc2OC(=O)C(F)(F)F)C1. The topological polar surface area (TPSA) is 87.2 Å². The average Bonchev–Trinajstić information content (AvgIpc) is 3.18. The van der Waals surface area contributed by atoms with Gasteiger partial charge in [-0.15, -0.1) is 8.78 Å². The van der Waals surface area contributed by atoms with Gasteiger partial charge in [-0.25, -0.2) is 18.6 Å². The van der Waals surface area contributed by atoms with E-state index < -0.39 is 84.6 Å². The summed E-state index contributed by atoms with van der Waals surface area (Å²) in [5, 5.41) is 0.221. The molecule has 2 aliphatic rings. The highest BCUT2D eigenvalue weighted by Crippen LogP contribution is 2.44. The molecule has 15 heteroatoms. The number of nitrogens with zero attached hydrogens (tertiary/aromatic N) is 2. The molecule has 1 amide bonds. The summed E-state index contributed by atoms with van der Waals surface area (Å²) in [6.45, 7) is -1.35. The number of carbonyl (C=O) groups is 2. The summed E-state index contributed by atoms with van der Waals surface area (Å²) in [6, 6.07) is 10.3. The van der Waals surface area contributed by atoms with Crippen LogP contribution in [0.3, 0.4) is 0 Å². The van der Waals surface area contributed by atoms with Crippen LogP contribution in [0.25, 0.3) is 10.9 Å². The van der Waals surface area contributed by atoms with E-state index >= 15 is 0 Å². The second kappa shape index (κ2) is 9.17. The summed E-state index contributed by atoms with van der Waals surface area (Å²) in [4.78, 5) is 29.4. The molecule has 1 aromatic heterocycles. The third kappa shape index (κ3) is 5.20. The number of rotatable bonds is 4. The molecule has 0 N–H and O–H groups in total. The highest BCUT2D eigenvalue weighted by Gasteiger charge is 2.50. The van der Waals surface area contributed by atoms with Crippen LogP contribution in [0.15, 0.2) is 48.5 Å². The Balaban J connectivity index is 1.44. The largest absolute Gasteiger partial charge is 0.586 e. The maximum Gasteiger partial charge on any atom is 0.586 e. The van der Waals surface area contributed by atoms with Gasteiger partial charge in [0.15, 0.2) is 23.4 Å². The molecular weight excluding hydrogens is 545 g/mol. The molecular formula is C24H15F7N2O6. The highest BCUT2D eigenvalue weighted by atomic mass is 19.4. The number of halogens is 7. The van der Waals surface area contributed by atoms with E-state index in [1.54, 1.807) is 0 Å². The first kappa shape index (κ1) is 26.3. The number of fused-ring (bicyclic) bond motifs is 2. The number of hydrogen-bond donors (Lipinski definition) is 0. The van der Waals surface area contributed by atoms with Crippen molar-refractivity contribution in [3.05, 3.63) is 54.1 Å². The van der Waals surface area contributed by atoms with E-state index in [1.165, 1.54) is 30.3 Å². The molecule has 1 fully saturated rings. The van der Waals surface area contributed by atoms with Crippen LogP contribution in [-0.2, 0) is 4.79 Å². The minimum absolute atomic E-state index is 0.129. The maximum absolute atomic E-state index is 14.9. The number of esters is 1. The number of aromatic nitrogens is 1. The summed E-state index contributed by atoms with van der Waals surface area (Å²) >= 11 is 0. The molecule has 5 rings (SSSR count). The fourth-order valence-corrected chi connectivity index (χ4v) is 4.01. The second-order valence-electron chi connectivity index (χ2n) is 8.54. The second-order valence-corrected chi connectivity index (χ2v) is 8.54. The molecule has 1 atom stereocenters. The smallest absolute Gasteiger partial charge is 0.463 e. The normalized spacial score (nSPS) is 19.6. The number of amides is 1. The Morgan fingerprint density at radius 2 is 1.77 bits per heavy atom. The number of pyridine rings is 1. The van der Waals surface area contributed by atoms with E-state index in [9.17, 15) is 40.3 Å². The summed E-state index contributed by atoms with van der Waals surface area (Å²) < 4.78 is 114. The van der Waals surface area contributed by atoms with Gasteiger partial charge in [0.05, 0.1) is 17.6 Å². The number of para-hydroxylation sites is 2. The first-order valence-electron chi connectivity index (χ1n) is 11.1. The zero-order valence-corrected chi connectivity index (χ0v) is 19.3. The van der Waals surface area contributed by atoms with Gasteiger partial charge in [-0.3, -0.25) is 4.79 Å². The van der Waals surface area contributed by atoms with Gasteiger partial charge >= 0.3 is 18.4 Å². The van der Waals surface area contributed by atoms with E-state index in [0.29, 0.717) is 0 Å². The predicted octanol–water partition coefficient (Wildman–Crippen LogP) is 4.95. The molecule has 2 aromatic carbocycles. The molecule has 0 bridgehead atoms. The summed E-state index contributed by atoms with van der Waals surface area (Å²) in [5.41, 5.74) is -0.262. The number of alkyl halides is 7. The molecule has 39 heavy (non-hydrogen) atoms. The lowest BCUT2D eigenvalue weighted by molar-refractivity contribution is -0.286. The molecule has 0 spiro atoms. The lowest BCUT2D eigenvalue weighted by Gasteiger charge is -2.38. The van der Waals surface area contributed by atoms with Gasteiger partial charge in [0.25, 0.3) is 17.7 Å². The van der Waals surface area contributed by atoms with Crippen LogP contribution in [0.4, 0.5) is 30.7 Å². The van der Waals surface area contributed by atoms with E-state index in [-0.39, 0.29) is 10.9 Å². The maximum atomic E-state index is 14.9. The first-order valence-corrected chi connectivity index (χ1v) is 11.1. The Morgan fingerprint density at radius 1 is 1.03 bits per heavy atom. The van der Waals surface area contributed by atoms with Crippen LogP contribution in [0.2, 0.25) is 0 Å². The van der Waals surface area contributed by atoms with Crippen LogP contribution in [0, 0.1) is 0 Å². The van der Waals surface area contributed by atoms with Crippen molar-refractivity contribution in [3.8, 4) is 23.1 Å². The molecule has 3 aromatic rings. The van der Waals surface area contributed by atoms with Crippen LogP contribution < -0.4 is 18.9 Å². The van der Waals surface area contributed by atoms with Crippen molar-refractivity contribution in [2.24, 2.45) is 0 Å². The Bertz CT molecular complexity index is 1460. The lowest BCUT2D eigenvalue weighted by atomic mass is 10.0. The molecule has 1 unspecified atom stereocenters. The molecule has 1 saturated heterocycles. The molecule has 0 radical (unpaired) electrons. The van der Waals surface area contributed by atoms with Crippen molar-refractivity contribution >= 4 is 22.8 Å². The molecule has 0 saturated carbocycles. The fourth-order valence-electron chi connectivity index (χ4n) is 4.01. The predicted molar refractivity (Wildman–Crippen MR) is 116 cm³/mol. The summed E-state index contributed by atoms with van der Waals surface area (Å²) in [7, 11) is 0. The molecule has 206 valence electrons. The molecule has 8 nitrogen and oxygen atoms in total. The van der Waals surface area contributed by atoms with Gasteiger partial charge < -0.3 is 23.8 Å². The Hall–Kier alpha value is -4.30. The minimum Gasteiger partial charge on any atom is -0.463 e. The monoisotopic (exact) mass is 560 g/mol. The average molecular weight is 560 g/mol. The Kier molecular flexibility index (Phi) is 6.18. The van der Waals surface area contributed by atoms with Crippen LogP contribution in [0.5, 0.6) is 23.1 Å². The number of benzene rings is 2. The van der Waals surface area contributed by atoms with Crippen LogP contribution in [-0.4, -0.2) is 59.3 Å². The number of ether oxygens (including phenoxy) is 4. The van der Waals surface area contributed by atoms with Crippen molar-refractivity contribution in [2.45, 2.75) is 30.9 Å². The van der Waals surface area contributed by atoms with E-state index in [2.05, 4.69) is 19.2 Å². The highest BCUT2D eigenvalue weighted by molar-refractivity contribution is 5.98. The first-order chi connectivity index (χ1) is 18.2. The quantitative estimate of drug-likeness (QED) is 0.330. The molecule has 0 aliphatic carbocycles. The fraction of sp³-hybridized carbons (Fsp3) is 0.292. The van der Waals surface area contributed by atoms with Gasteiger partial charge in [0, 0.05) is 18.4 Å². The van der Waals surface area contributed by atoms with E-state index in [1.807, 2.05) is 0 Å².